The second-order valence-corrected chi connectivity index (χ2v) is 4.83. The third-order valence-corrected chi connectivity index (χ3v) is 3.80. The highest BCUT2D eigenvalue weighted by Gasteiger charge is 2.32. The fraction of sp³-hybridized carbons (Fsp3) is 0.917. The molecule has 0 amide bonds. The monoisotopic (exact) mass is 211 g/mol. The molecule has 1 aliphatic heterocycles. The van der Waals surface area contributed by atoms with Crippen molar-refractivity contribution in [1.29, 1.82) is 0 Å². The van der Waals surface area contributed by atoms with Crippen molar-refractivity contribution < 1.29 is 9.53 Å². The van der Waals surface area contributed by atoms with Crippen LogP contribution in [0.15, 0.2) is 0 Å². The number of hydrogen-bond donors (Lipinski definition) is 0. The lowest BCUT2D eigenvalue weighted by Gasteiger charge is -2.38. The normalized spacial score (nSPS) is 28.5. The number of piperidine rings is 1. The maximum Gasteiger partial charge on any atom is 0.323 e. The van der Waals surface area contributed by atoms with Crippen LogP contribution in [0.2, 0.25) is 0 Å². The van der Waals surface area contributed by atoms with Gasteiger partial charge in [-0.2, -0.15) is 0 Å². The second kappa shape index (κ2) is 4.97. The molecule has 1 saturated carbocycles. The molecule has 2 aliphatic rings. The van der Waals surface area contributed by atoms with Crippen molar-refractivity contribution in [2.24, 2.45) is 5.92 Å². The topological polar surface area (TPSA) is 29.5 Å². The van der Waals surface area contributed by atoms with Crippen LogP contribution in [-0.2, 0) is 9.53 Å². The molecule has 1 aliphatic carbocycles. The fourth-order valence-electron chi connectivity index (χ4n) is 2.62. The molecule has 0 aromatic heterocycles. The van der Waals surface area contributed by atoms with Gasteiger partial charge in [-0.15, -0.1) is 0 Å². The molecule has 2 fully saturated rings. The fourth-order valence-corrected chi connectivity index (χ4v) is 2.62. The lowest BCUT2D eigenvalue weighted by Crippen LogP contribution is -2.47. The molecule has 3 heteroatoms. The second-order valence-electron chi connectivity index (χ2n) is 4.83. The van der Waals surface area contributed by atoms with Crippen LogP contribution in [0.3, 0.4) is 0 Å². The Morgan fingerprint density at radius 2 is 2.07 bits per heavy atom. The standard InChI is InChI=1S/C12H21NO2/c1-15-12(14)11-7-2-3-8-13(11)9-10-5-4-6-10/h10-11H,2-9H2,1H3. The minimum absolute atomic E-state index is 0.0333. The smallest absolute Gasteiger partial charge is 0.323 e. The molecule has 3 nitrogen and oxygen atoms in total. The highest BCUT2D eigenvalue weighted by molar-refractivity contribution is 5.75. The van der Waals surface area contributed by atoms with Crippen LogP contribution in [0, 0.1) is 5.92 Å². The van der Waals surface area contributed by atoms with Gasteiger partial charge in [0.2, 0.25) is 0 Å². The van der Waals surface area contributed by atoms with E-state index in [1.54, 1.807) is 0 Å². The zero-order valence-electron chi connectivity index (χ0n) is 9.58. The number of nitrogens with zero attached hydrogens (tertiary/aromatic N) is 1. The van der Waals surface area contributed by atoms with E-state index in [9.17, 15) is 4.79 Å². The minimum atomic E-state index is -0.0333. The summed E-state index contributed by atoms with van der Waals surface area (Å²) in [6.07, 6.45) is 7.47. The molecule has 0 aromatic carbocycles. The molecule has 1 atom stereocenters. The van der Waals surface area contributed by atoms with Crippen LogP contribution >= 0.6 is 0 Å². The van der Waals surface area contributed by atoms with E-state index >= 15 is 0 Å². The summed E-state index contributed by atoms with van der Waals surface area (Å²) < 4.78 is 4.87. The van der Waals surface area contributed by atoms with Crippen molar-refractivity contribution in [3.8, 4) is 0 Å². The van der Waals surface area contributed by atoms with Gasteiger partial charge in [0.15, 0.2) is 0 Å². The van der Waals surface area contributed by atoms with Crippen molar-refractivity contribution in [2.75, 3.05) is 20.2 Å². The van der Waals surface area contributed by atoms with Gasteiger partial charge in [-0.25, -0.2) is 0 Å². The number of rotatable bonds is 3. The third kappa shape index (κ3) is 2.51. The first-order chi connectivity index (χ1) is 7.31. The quantitative estimate of drug-likeness (QED) is 0.667. The highest BCUT2D eigenvalue weighted by atomic mass is 16.5. The Morgan fingerprint density at radius 1 is 1.27 bits per heavy atom. The summed E-state index contributed by atoms with van der Waals surface area (Å²) in [4.78, 5) is 13.9. The predicted octanol–water partition coefficient (Wildman–Crippen LogP) is 1.81. The first-order valence-electron chi connectivity index (χ1n) is 6.13. The van der Waals surface area contributed by atoms with E-state index in [1.165, 1.54) is 39.2 Å². The van der Waals surface area contributed by atoms with E-state index < -0.39 is 0 Å². The van der Waals surface area contributed by atoms with E-state index in [-0.39, 0.29) is 12.0 Å². The SMILES string of the molecule is COC(=O)C1CCCCN1CC1CCC1. The van der Waals surface area contributed by atoms with Crippen LogP contribution in [0.4, 0.5) is 0 Å². The third-order valence-electron chi connectivity index (χ3n) is 3.80. The van der Waals surface area contributed by atoms with Gasteiger partial charge < -0.3 is 4.74 Å². The molecular weight excluding hydrogens is 190 g/mol. The van der Waals surface area contributed by atoms with E-state index in [2.05, 4.69) is 4.90 Å². The van der Waals surface area contributed by atoms with Gasteiger partial charge in [0.1, 0.15) is 6.04 Å². The molecule has 15 heavy (non-hydrogen) atoms. The van der Waals surface area contributed by atoms with Gasteiger partial charge in [0.25, 0.3) is 0 Å². The van der Waals surface area contributed by atoms with Crippen molar-refractivity contribution in [3.63, 3.8) is 0 Å². The van der Waals surface area contributed by atoms with Crippen LogP contribution < -0.4 is 0 Å². The molecule has 1 heterocycles. The van der Waals surface area contributed by atoms with Crippen molar-refractivity contribution in [3.05, 3.63) is 0 Å². The highest BCUT2D eigenvalue weighted by Crippen LogP contribution is 2.29. The van der Waals surface area contributed by atoms with E-state index in [0.717, 1.165) is 25.4 Å². The van der Waals surface area contributed by atoms with Crippen LogP contribution in [0.5, 0.6) is 0 Å². The van der Waals surface area contributed by atoms with Crippen LogP contribution in [0.25, 0.3) is 0 Å². The molecule has 1 saturated heterocycles. The summed E-state index contributed by atoms with van der Waals surface area (Å²) in [5.74, 6) is 0.810. The number of carbonyl (C=O) groups excluding carboxylic acids is 1. The maximum absolute atomic E-state index is 11.6. The maximum atomic E-state index is 11.6. The first kappa shape index (κ1) is 10.9. The number of likely N-dealkylation sites (tertiary alicyclic amines) is 1. The Hall–Kier alpha value is -0.570. The van der Waals surface area contributed by atoms with Gasteiger partial charge in [-0.05, 0) is 38.1 Å². The average molecular weight is 211 g/mol. The minimum Gasteiger partial charge on any atom is -0.468 e. The van der Waals surface area contributed by atoms with Gasteiger partial charge in [-0.3, -0.25) is 9.69 Å². The van der Waals surface area contributed by atoms with E-state index in [4.69, 9.17) is 4.74 Å². The number of hydrogen-bond acceptors (Lipinski definition) is 3. The van der Waals surface area contributed by atoms with Crippen molar-refractivity contribution in [2.45, 2.75) is 44.6 Å². The predicted molar refractivity (Wildman–Crippen MR) is 58.6 cm³/mol. The zero-order chi connectivity index (χ0) is 10.7. The van der Waals surface area contributed by atoms with Gasteiger partial charge in [0.05, 0.1) is 7.11 Å². The average Bonchev–Trinajstić information content (AvgIpc) is 2.23. The molecule has 86 valence electrons. The van der Waals surface area contributed by atoms with Crippen LogP contribution in [0.1, 0.15) is 38.5 Å². The Morgan fingerprint density at radius 3 is 2.67 bits per heavy atom. The Bertz CT molecular complexity index is 226. The summed E-state index contributed by atoms with van der Waals surface area (Å²) in [6.45, 7) is 2.19. The molecule has 2 rings (SSSR count). The summed E-state index contributed by atoms with van der Waals surface area (Å²) in [6, 6.07) is 0.0457. The first-order valence-corrected chi connectivity index (χ1v) is 6.13. The Labute approximate surface area is 91.8 Å². The van der Waals surface area contributed by atoms with Crippen LogP contribution in [-0.4, -0.2) is 37.1 Å². The lowest BCUT2D eigenvalue weighted by atomic mass is 9.84. The molecular formula is C12H21NO2. The number of ether oxygens (including phenoxy) is 1. The van der Waals surface area contributed by atoms with Crippen molar-refractivity contribution >= 4 is 5.97 Å². The summed E-state index contributed by atoms with van der Waals surface area (Å²) >= 11 is 0. The van der Waals surface area contributed by atoms with E-state index in [1.807, 2.05) is 0 Å². The van der Waals surface area contributed by atoms with Gasteiger partial charge in [-0.1, -0.05) is 12.8 Å². The molecule has 0 spiro atoms. The van der Waals surface area contributed by atoms with Crippen molar-refractivity contribution in [1.82, 2.24) is 4.90 Å². The summed E-state index contributed by atoms with van der Waals surface area (Å²) in [5.41, 5.74) is 0. The molecule has 1 unspecified atom stereocenters. The zero-order valence-corrected chi connectivity index (χ0v) is 9.58. The number of carbonyl (C=O) groups is 1. The summed E-state index contributed by atoms with van der Waals surface area (Å²) in [7, 11) is 1.50. The molecule has 0 aromatic rings. The Kier molecular flexibility index (Phi) is 3.62. The Balaban J connectivity index is 1.89. The largest absolute Gasteiger partial charge is 0.468 e. The van der Waals surface area contributed by atoms with Gasteiger partial charge in [0, 0.05) is 6.54 Å². The van der Waals surface area contributed by atoms with E-state index in [0.29, 0.717) is 0 Å². The number of methoxy groups -OCH3 is 1. The molecule has 0 bridgehead atoms. The lowest BCUT2D eigenvalue weighted by molar-refractivity contribution is -0.148. The molecule has 0 N–H and O–H groups in total. The van der Waals surface area contributed by atoms with Gasteiger partial charge >= 0.3 is 5.97 Å². The number of esters is 1. The summed E-state index contributed by atoms with van der Waals surface area (Å²) in [5, 5.41) is 0. The molecule has 0 radical (unpaired) electrons.